The standard InChI is InChI=1S/C16H22N6O/c1-10(2)11(3)17-16(23)18-13-6-4-12(5-7-13)15-19-20-21-22(15)14-8-9-14/h4-7,10-11,14H,8-9H2,1-3H3,(H2,17,18,23). The Morgan fingerprint density at radius 1 is 1.22 bits per heavy atom. The van der Waals surface area contributed by atoms with Gasteiger partial charge in [0.25, 0.3) is 0 Å². The number of tetrazole rings is 1. The van der Waals surface area contributed by atoms with Crippen LogP contribution in [0.2, 0.25) is 0 Å². The van der Waals surface area contributed by atoms with Gasteiger partial charge in [-0.15, -0.1) is 5.10 Å². The quantitative estimate of drug-likeness (QED) is 0.888. The predicted molar refractivity (Wildman–Crippen MR) is 88.0 cm³/mol. The highest BCUT2D eigenvalue weighted by Crippen LogP contribution is 2.36. The minimum atomic E-state index is -0.193. The molecule has 0 aliphatic heterocycles. The summed E-state index contributed by atoms with van der Waals surface area (Å²) in [5.74, 6) is 1.17. The first-order valence-electron chi connectivity index (χ1n) is 8.00. The molecule has 1 aliphatic carbocycles. The molecule has 122 valence electrons. The highest BCUT2D eigenvalue weighted by molar-refractivity contribution is 5.89. The number of hydrogen-bond acceptors (Lipinski definition) is 4. The number of urea groups is 1. The lowest BCUT2D eigenvalue weighted by molar-refractivity contribution is 0.246. The molecule has 23 heavy (non-hydrogen) atoms. The van der Waals surface area contributed by atoms with Crippen LogP contribution in [-0.4, -0.2) is 32.3 Å². The van der Waals surface area contributed by atoms with Gasteiger partial charge in [-0.3, -0.25) is 0 Å². The molecule has 1 aliphatic rings. The number of carbonyl (C=O) groups is 1. The second-order valence-corrected chi connectivity index (χ2v) is 6.39. The van der Waals surface area contributed by atoms with Crippen molar-refractivity contribution in [2.75, 3.05) is 5.32 Å². The van der Waals surface area contributed by atoms with Crippen LogP contribution in [0, 0.1) is 5.92 Å². The van der Waals surface area contributed by atoms with Crippen molar-refractivity contribution >= 4 is 11.7 Å². The van der Waals surface area contributed by atoms with Crippen LogP contribution in [0.1, 0.15) is 39.7 Å². The molecule has 2 aromatic rings. The molecular formula is C16H22N6O. The zero-order chi connectivity index (χ0) is 16.4. The van der Waals surface area contributed by atoms with Crippen LogP contribution in [0.25, 0.3) is 11.4 Å². The fourth-order valence-electron chi connectivity index (χ4n) is 2.19. The van der Waals surface area contributed by atoms with Crippen molar-refractivity contribution in [3.05, 3.63) is 24.3 Å². The second kappa shape index (κ2) is 6.36. The fraction of sp³-hybridized carbons (Fsp3) is 0.500. The molecule has 2 amide bonds. The van der Waals surface area contributed by atoms with Crippen LogP contribution in [0.15, 0.2) is 24.3 Å². The van der Waals surface area contributed by atoms with Crippen molar-refractivity contribution in [1.82, 2.24) is 25.5 Å². The van der Waals surface area contributed by atoms with E-state index in [9.17, 15) is 4.79 Å². The van der Waals surface area contributed by atoms with Crippen LogP contribution in [0.4, 0.5) is 10.5 Å². The molecule has 0 radical (unpaired) electrons. The number of carbonyl (C=O) groups excluding carboxylic acids is 1. The smallest absolute Gasteiger partial charge is 0.319 e. The molecule has 1 unspecified atom stereocenters. The lowest BCUT2D eigenvalue weighted by Gasteiger charge is -2.17. The van der Waals surface area contributed by atoms with Crippen LogP contribution >= 0.6 is 0 Å². The van der Waals surface area contributed by atoms with Crippen LogP contribution < -0.4 is 10.6 Å². The van der Waals surface area contributed by atoms with Crippen molar-refractivity contribution < 1.29 is 4.79 Å². The average molecular weight is 314 g/mol. The molecule has 1 fully saturated rings. The summed E-state index contributed by atoms with van der Waals surface area (Å²) in [6, 6.07) is 7.93. The monoisotopic (exact) mass is 314 g/mol. The summed E-state index contributed by atoms with van der Waals surface area (Å²) in [4.78, 5) is 11.9. The molecule has 3 rings (SSSR count). The molecule has 1 aromatic heterocycles. The summed E-state index contributed by atoms with van der Waals surface area (Å²) in [7, 11) is 0. The SMILES string of the molecule is CC(C)C(C)NC(=O)Nc1ccc(-c2nnnn2C2CC2)cc1. The number of aromatic nitrogens is 4. The Morgan fingerprint density at radius 2 is 1.91 bits per heavy atom. The van der Waals surface area contributed by atoms with E-state index in [1.54, 1.807) is 0 Å². The average Bonchev–Trinajstić information content (AvgIpc) is 3.25. The fourth-order valence-corrected chi connectivity index (χ4v) is 2.19. The maximum absolute atomic E-state index is 11.9. The number of nitrogens with one attached hydrogen (secondary N) is 2. The van der Waals surface area contributed by atoms with Gasteiger partial charge in [-0.05, 0) is 60.4 Å². The van der Waals surface area contributed by atoms with Gasteiger partial charge < -0.3 is 10.6 Å². The topological polar surface area (TPSA) is 84.7 Å². The van der Waals surface area contributed by atoms with Gasteiger partial charge in [-0.2, -0.15) is 0 Å². The van der Waals surface area contributed by atoms with Gasteiger partial charge in [-0.1, -0.05) is 13.8 Å². The van der Waals surface area contributed by atoms with E-state index in [4.69, 9.17) is 0 Å². The maximum Gasteiger partial charge on any atom is 0.319 e. The Kier molecular flexibility index (Phi) is 4.27. The first-order chi connectivity index (χ1) is 11.0. The Morgan fingerprint density at radius 3 is 2.52 bits per heavy atom. The number of anilines is 1. The number of hydrogen-bond donors (Lipinski definition) is 2. The second-order valence-electron chi connectivity index (χ2n) is 6.39. The first-order valence-corrected chi connectivity index (χ1v) is 8.00. The third-order valence-corrected chi connectivity index (χ3v) is 4.15. The lowest BCUT2D eigenvalue weighted by atomic mass is 10.1. The van der Waals surface area contributed by atoms with E-state index in [-0.39, 0.29) is 12.1 Å². The molecule has 2 N–H and O–H groups in total. The molecule has 1 saturated carbocycles. The van der Waals surface area contributed by atoms with Crippen molar-refractivity contribution in [3.63, 3.8) is 0 Å². The third-order valence-electron chi connectivity index (χ3n) is 4.15. The van der Waals surface area contributed by atoms with Crippen molar-refractivity contribution in [1.29, 1.82) is 0 Å². The lowest BCUT2D eigenvalue weighted by Crippen LogP contribution is -2.38. The molecule has 0 bridgehead atoms. The maximum atomic E-state index is 11.9. The summed E-state index contributed by atoms with van der Waals surface area (Å²) in [5, 5.41) is 17.7. The molecule has 1 aromatic carbocycles. The largest absolute Gasteiger partial charge is 0.335 e. The van der Waals surface area contributed by atoms with E-state index < -0.39 is 0 Å². The summed E-state index contributed by atoms with van der Waals surface area (Å²) < 4.78 is 1.87. The highest BCUT2D eigenvalue weighted by Gasteiger charge is 2.28. The Bertz CT molecular complexity index is 674. The number of amides is 2. The summed E-state index contributed by atoms with van der Waals surface area (Å²) >= 11 is 0. The number of rotatable bonds is 5. The highest BCUT2D eigenvalue weighted by atomic mass is 16.2. The van der Waals surface area contributed by atoms with E-state index in [1.165, 1.54) is 0 Å². The van der Waals surface area contributed by atoms with Crippen molar-refractivity contribution in [3.8, 4) is 11.4 Å². The van der Waals surface area contributed by atoms with Gasteiger partial charge >= 0.3 is 6.03 Å². The zero-order valence-electron chi connectivity index (χ0n) is 13.7. The molecule has 1 heterocycles. The van der Waals surface area contributed by atoms with Crippen molar-refractivity contribution in [2.24, 2.45) is 5.92 Å². The van der Waals surface area contributed by atoms with Gasteiger partial charge in [0, 0.05) is 17.3 Å². The predicted octanol–water partition coefficient (Wildman–Crippen LogP) is 2.84. The number of benzene rings is 1. The van der Waals surface area contributed by atoms with Gasteiger partial charge in [0.1, 0.15) is 0 Å². The molecular weight excluding hydrogens is 292 g/mol. The van der Waals surface area contributed by atoms with E-state index in [0.29, 0.717) is 12.0 Å². The van der Waals surface area contributed by atoms with Gasteiger partial charge in [0.05, 0.1) is 6.04 Å². The van der Waals surface area contributed by atoms with Crippen LogP contribution in [0.5, 0.6) is 0 Å². The van der Waals surface area contributed by atoms with Crippen molar-refractivity contribution in [2.45, 2.75) is 45.7 Å². The van der Waals surface area contributed by atoms with E-state index in [1.807, 2.05) is 35.9 Å². The van der Waals surface area contributed by atoms with Gasteiger partial charge in [0.2, 0.25) is 0 Å². The summed E-state index contributed by atoms with van der Waals surface area (Å²) in [5.41, 5.74) is 1.69. The first kappa shape index (κ1) is 15.5. The van der Waals surface area contributed by atoms with E-state index in [0.717, 1.165) is 29.9 Å². The van der Waals surface area contributed by atoms with Gasteiger partial charge in [-0.25, -0.2) is 9.48 Å². The molecule has 7 nitrogen and oxygen atoms in total. The minimum Gasteiger partial charge on any atom is -0.335 e. The number of nitrogens with zero attached hydrogens (tertiary/aromatic N) is 4. The summed E-state index contributed by atoms with van der Waals surface area (Å²) in [6.07, 6.45) is 2.26. The molecule has 0 saturated heterocycles. The molecule has 7 heteroatoms. The zero-order valence-corrected chi connectivity index (χ0v) is 13.7. The summed E-state index contributed by atoms with van der Waals surface area (Å²) in [6.45, 7) is 6.14. The minimum absolute atomic E-state index is 0.123. The third kappa shape index (κ3) is 3.67. The Labute approximate surface area is 135 Å². The van der Waals surface area contributed by atoms with E-state index >= 15 is 0 Å². The molecule has 0 spiro atoms. The van der Waals surface area contributed by atoms with Crippen LogP contribution in [-0.2, 0) is 0 Å². The Hall–Kier alpha value is -2.44. The van der Waals surface area contributed by atoms with Gasteiger partial charge in [0.15, 0.2) is 5.82 Å². The normalized spacial score (nSPS) is 15.5. The van der Waals surface area contributed by atoms with Crippen LogP contribution in [0.3, 0.4) is 0 Å². The Balaban J connectivity index is 1.65. The molecule has 1 atom stereocenters. The van der Waals surface area contributed by atoms with E-state index in [2.05, 4.69) is 40.0 Å².